The first kappa shape index (κ1) is 20.2. The third-order valence-electron chi connectivity index (χ3n) is 5.03. The van der Waals surface area contributed by atoms with Crippen LogP contribution >= 0.6 is 0 Å². The Labute approximate surface area is 176 Å². The summed E-state index contributed by atoms with van der Waals surface area (Å²) in [6.07, 6.45) is 1.10. The van der Waals surface area contributed by atoms with Gasteiger partial charge in [-0.2, -0.15) is 0 Å². The molecule has 1 aliphatic heterocycles. The van der Waals surface area contributed by atoms with Gasteiger partial charge in [-0.05, 0) is 55.8 Å². The molecular formula is C23H23FN2O3S. The van der Waals surface area contributed by atoms with Crippen LogP contribution < -0.4 is 14.4 Å². The lowest BCUT2D eigenvalue weighted by atomic mass is 9.87. The lowest BCUT2D eigenvalue weighted by molar-refractivity contribution is 0.0682. The fourth-order valence-electron chi connectivity index (χ4n) is 3.94. The van der Waals surface area contributed by atoms with Crippen molar-refractivity contribution in [2.45, 2.75) is 25.5 Å². The molecule has 0 spiro atoms. The second kappa shape index (κ2) is 7.32. The van der Waals surface area contributed by atoms with Gasteiger partial charge in [0.15, 0.2) is 0 Å². The van der Waals surface area contributed by atoms with Crippen LogP contribution in [-0.2, 0) is 10.0 Å². The third-order valence-corrected chi connectivity index (χ3v) is 5.64. The first-order chi connectivity index (χ1) is 14.1. The molecule has 1 atom stereocenters. The van der Waals surface area contributed by atoms with Crippen LogP contribution in [0.15, 0.2) is 72.8 Å². The first-order valence-corrected chi connectivity index (χ1v) is 11.4. The van der Waals surface area contributed by atoms with Crippen molar-refractivity contribution in [2.75, 3.05) is 15.9 Å². The number of halogens is 1. The molecule has 1 heterocycles. The molecule has 156 valence electrons. The number of fused-ring (bicyclic) bond motifs is 1. The van der Waals surface area contributed by atoms with Gasteiger partial charge in [-0.25, -0.2) is 12.8 Å². The Morgan fingerprint density at radius 1 is 1.00 bits per heavy atom. The maximum atomic E-state index is 13.6. The maximum Gasteiger partial charge on any atom is 0.229 e. The van der Waals surface area contributed by atoms with Crippen LogP contribution in [0, 0.1) is 5.82 Å². The molecule has 1 N–H and O–H groups in total. The van der Waals surface area contributed by atoms with Crippen LogP contribution in [0.1, 0.15) is 25.5 Å². The van der Waals surface area contributed by atoms with Gasteiger partial charge in [0, 0.05) is 11.8 Å². The van der Waals surface area contributed by atoms with Crippen LogP contribution in [0.2, 0.25) is 0 Å². The highest BCUT2D eigenvalue weighted by molar-refractivity contribution is 7.92. The molecule has 1 aliphatic rings. The Bertz CT molecular complexity index is 1160. The SMILES string of the molecule is CC1(C)Oc2cc(NS(C)(=O)=O)ccc2N(c2ccc(F)cc2)C1c1ccccc1. The average Bonchev–Trinajstić information content (AvgIpc) is 2.66. The van der Waals surface area contributed by atoms with Gasteiger partial charge in [-0.15, -0.1) is 0 Å². The van der Waals surface area contributed by atoms with E-state index in [1.165, 1.54) is 12.1 Å². The molecule has 4 rings (SSSR count). The normalized spacial score (nSPS) is 17.7. The summed E-state index contributed by atoms with van der Waals surface area (Å²) in [4.78, 5) is 2.11. The van der Waals surface area contributed by atoms with E-state index in [0.29, 0.717) is 11.4 Å². The predicted molar refractivity (Wildman–Crippen MR) is 117 cm³/mol. The van der Waals surface area contributed by atoms with Crippen LogP contribution in [-0.4, -0.2) is 20.3 Å². The molecule has 7 heteroatoms. The quantitative estimate of drug-likeness (QED) is 0.619. The smallest absolute Gasteiger partial charge is 0.229 e. The second-order valence-corrected chi connectivity index (χ2v) is 9.67. The Hall–Kier alpha value is -3.06. The highest BCUT2D eigenvalue weighted by atomic mass is 32.2. The fourth-order valence-corrected chi connectivity index (χ4v) is 4.49. The molecule has 1 unspecified atom stereocenters. The summed E-state index contributed by atoms with van der Waals surface area (Å²) in [6.45, 7) is 3.97. The lowest BCUT2D eigenvalue weighted by Crippen LogP contribution is -2.48. The summed E-state index contributed by atoms with van der Waals surface area (Å²) < 4.78 is 45.8. The zero-order valence-corrected chi connectivity index (χ0v) is 17.8. The van der Waals surface area contributed by atoms with Gasteiger partial charge in [-0.3, -0.25) is 4.72 Å². The first-order valence-electron chi connectivity index (χ1n) is 9.55. The molecule has 0 aliphatic carbocycles. The van der Waals surface area contributed by atoms with Gasteiger partial charge < -0.3 is 9.64 Å². The van der Waals surface area contributed by atoms with Crippen LogP contribution in [0.5, 0.6) is 5.75 Å². The number of nitrogens with one attached hydrogen (secondary N) is 1. The molecule has 0 amide bonds. The molecule has 0 aromatic heterocycles. The van der Waals surface area contributed by atoms with E-state index in [1.54, 1.807) is 24.3 Å². The number of sulfonamides is 1. The van der Waals surface area contributed by atoms with Crippen LogP contribution in [0.25, 0.3) is 0 Å². The van der Waals surface area contributed by atoms with E-state index in [4.69, 9.17) is 4.74 Å². The lowest BCUT2D eigenvalue weighted by Gasteiger charge is -2.48. The number of rotatable bonds is 4. The molecule has 0 radical (unpaired) electrons. The van der Waals surface area contributed by atoms with Crippen molar-refractivity contribution in [3.8, 4) is 5.75 Å². The van der Waals surface area contributed by atoms with E-state index >= 15 is 0 Å². The minimum Gasteiger partial charge on any atom is -0.483 e. The predicted octanol–water partition coefficient (Wildman–Crippen LogP) is 5.25. The number of benzene rings is 3. The maximum absolute atomic E-state index is 13.6. The van der Waals surface area contributed by atoms with E-state index in [0.717, 1.165) is 23.2 Å². The molecule has 0 fully saturated rings. The topological polar surface area (TPSA) is 58.6 Å². The van der Waals surface area contributed by atoms with Crippen LogP contribution in [0.4, 0.5) is 21.5 Å². The van der Waals surface area contributed by atoms with E-state index in [-0.39, 0.29) is 11.9 Å². The summed E-state index contributed by atoms with van der Waals surface area (Å²) in [5.41, 5.74) is 2.40. The van der Waals surface area contributed by atoms with Crippen molar-refractivity contribution >= 4 is 27.1 Å². The summed E-state index contributed by atoms with van der Waals surface area (Å²) in [5.74, 6) is 0.237. The van der Waals surface area contributed by atoms with Gasteiger partial charge >= 0.3 is 0 Å². The van der Waals surface area contributed by atoms with Crippen molar-refractivity contribution in [3.63, 3.8) is 0 Å². The number of anilines is 3. The van der Waals surface area contributed by atoms with Gasteiger partial charge in [0.1, 0.15) is 17.2 Å². The molecule has 0 saturated heterocycles. The standard InChI is InChI=1S/C23H23FN2O3S/c1-23(2)22(16-7-5-4-6-8-16)26(19-12-9-17(24)10-13-19)20-14-11-18(15-21(20)29-23)25-30(3,27)28/h4-15,22,25H,1-3H3. The number of ether oxygens (including phenoxy) is 1. The molecule has 3 aromatic carbocycles. The molecule has 30 heavy (non-hydrogen) atoms. The average molecular weight is 427 g/mol. The fraction of sp³-hybridized carbons (Fsp3) is 0.217. The molecular weight excluding hydrogens is 403 g/mol. The van der Waals surface area contributed by atoms with E-state index < -0.39 is 15.6 Å². The molecule has 5 nitrogen and oxygen atoms in total. The monoisotopic (exact) mass is 426 g/mol. The zero-order valence-electron chi connectivity index (χ0n) is 17.0. The van der Waals surface area contributed by atoms with Crippen molar-refractivity contribution < 1.29 is 17.5 Å². The Morgan fingerprint density at radius 2 is 1.67 bits per heavy atom. The van der Waals surface area contributed by atoms with Gasteiger partial charge in [0.25, 0.3) is 0 Å². The number of hydrogen-bond donors (Lipinski definition) is 1. The largest absolute Gasteiger partial charge is 0.483 e. The Balaban J connectivity index is 1.90. The Kier molecular flexibility index (Phi) is 4.94. The summed E-state index contributed by atoms with van der Waals surface area (Å²) >= 11 is 0. The molecule has 0 bridgehead atoms. The van der Waals surface area contributed by atoms with Gasteiger partial charge in [-0.1, -0.05) is 30.3 Å². The highest BCUT2D eigenvalue weighted by Gasteiger charge is 2.43. The highest BCUT2D eigenvalue weighted by Crippen LogP contribution is 2.51. The summed E-state index contributed by atoms with van der Waals surface area (Å²) in [6, 6.07) is 21.3. The number of hydrogen-bond acceptors (Lipinski definition) is 4. The van der Waals surface area contributed by atoms with Gasteiger partial charge in [0.05, 0.1) is 23.7 Å². The van der Waals surface area contributed by atoms with E-state index in [1.807, 2.05) is 50.2 Å². The van der Waals surface area contributed by atoms with Crippen molar-refractivity contribution in [1.82, 2.24) is 0 Å². The minimum absolute atomic E-state index is 0.189. The second-order valence-electron chi connectivity index (χ2n) is 7.92. The van der Waals surface area contributed by atoms with Crippen molar-refractivity contribution in [3.05, 3.63) is 84.2 Å². The van der Waals surface area contributed by atoms with Crippen molar-refractivity contribution in [2.24, 2.45) is 0 Å². The van der Waals surface area contributed by atoms with E-state index in [2.05, 4.69) is 9.62 Å². The summed E-state index contributed by atoms with van der Waals surface area (Å²) in [7, 11) is -3.42. The zero-order chi connectivity index (χ0) is 21.5. The summed E-state index contributed by atoms with van der Waals surface area (Å²) in [5, 5.41) is 0. The van der Waals surface area contributed by atoms with Crippen LogP contribution in [0.3, 0.4) is 0 Å². The van der Waals surface area contributed by atoms with Gasteiger partial charge in [0.2, 0.25) is 10.0 Å². The third kappa shape index (κ3) is 3.98. The molecule has 0 saturated carbocycles. The minimum atomic E-state index is -3.42. The Morgan fingerprint density at radius 3 is 2.30 bits per heavy atom. The van der Waals surface area contributed by atoms with Crippen molar-refractivity contribution in [1.29, 1.82) is 0 Å². The number of nitrogens with zero attached hydrogens (tertiary/aromatic N) is 1. The molecule has 3 aromatic rings. The van der Waals surface area contributed by atoms with E-state index in [9.17, 15) is 12.8 Å².